The molecule has 2 N–H and O–H groups in total. The van der Waals surface area contributed by atoms with Crippen molar-refractivity contribution in [1.29, 1.82) is 0 Å². The number of halogens is 5. The molecule has 0 saturated heterocycles. The number of benzene rings is 2. The summed E-state index contributed by atoms with van der Waals surface area (Å²) in [6, 6.07) is 11.0. The number of alkyl halides is 4. The standard InChI is InChI=1S/C35H38ClF4N9O2/c1-33(2,3)18-35(22-8-5-20(6-9-22)26-17-43-49(46-26)23-10-11-23)31(51)47(32(41)45-35)27(14-12-24(50)16-34(4,39)40)21-7-13-25(36)28(15-21)48-30(29(37)38)42-19-44-48/h5-9,13,15,17,19,23,27,29H,10-12,14,16,18H2,1-4H3,(H2,41,45)/t27-,35-/m1/s1. The quantitative estimate of drug-likeness (QED) is 0.142. The lowest BCUT2D eigenvalue weighted by atomic mass is 9.75. The minimum Gasteiger partial charge on any atom is -0.369 e. The molecule has 0 spiro atoms. The SMILES string of the molecule is CC(C)(C)C[C@]1(c2ccc(-c3cnn(C4CC4)n3)cc2)N=C(N)N([C@H](CCC(=O)CC(C)(F)F)c2ccc(Cl)c(-n3ncnc3C(F)F)c2)C1=O. The Balaban J connectivity index is 1.40. The highest BCUT2D eigenvalue weighted by atomic mass is 35.5. The molecule has 0 radical (unpaired) electrons. The first kappa shape index (κ1) is 36.1. The zero-order chi connectivity index (χ0) is 36.9. The Bertz CT molecular complexity index is 1960. The van der Waals surface area contributed by atoms with E-state index in [0.717, 1.165) is 29.4 Å². The topological polar surface area (TPSA) is 137 Å². The molecule has 16 heteroatoms. The van der Waals surface area contributed by atoms with Crippen molar-refractivity contribution in [2.24, 2.45) is 16.1 Å². The molecule has 1 fully saturated rings. The van der Waals surface area contributed by atoms with E-state index >= 15 is 0 Å². The number of ketones is 1. The van der Waals surface area contributed by atoms with E-state index in [1.54, 1.807) is 29.2 Å². The number of rotatable bonds is 13. The summed E-state index contributed by atoms with van der Waals surface area (Å²) in [4.78, 5) is 39.1. The summed E-state index contributed by atoms with van der Waals surface area (Å²) < 4.78 is 56.1. The first-order valence-electron chi connectivity index (χ1n) is 16.5. The van der Waals surface area contributed by atoms with Crippen LogP contribution in [0.5, 0.6) is 0 Å². The van der Waals surface area contributed by atoms with Gasteiger partial charge in [0, 0.05) is 12.0 Å². The molecule has 0 bridgehead atoms. The third-order valence-electron chi connectivity index (χ3n) is 8.82. The van der Waals surface area contributed by atoms with E-state index in [1.807, 2.05) is 32.9 Å². The predicted octanol–water partition coefficient (Wildman–Crippen LogP) is 7.38. The van der Waals surface area contributed by atoms with Crippen molar-refractivity contribution in [3.05, 3.63) is 77.0 Å². The maximum absolute atomic E-state index is 14.9. The third kappa shape index (κ3) is 7.67. The second-order valence-corrected chi connectivity index (χ2v) is 14.9. The zero-order valence-corrected chi connectivity index (χ0v) is 29.3. The van der Waals surface area contributed by atoms with Gasteiger partial charge in [-0.3, -0.25) is 14.5 Å². The van der Waals surface area contributed by atoms with Crippen LogP contribution >= 0.6 is 11.6 Å². The number of nitrogens with two attached hydrogens (primary N) is 1. The lowest BCUT2D eigenvalue weighted by Gasteiger charge is -2.35. The fourth-order valence-electron chi connectivity index (χ4n) is 6.54. The van der Waals surface area contributed by atoms with Crippen LogP contribution in [0.4, 0.5) is 17.6 Å². The maximum Gasteiger partial charge on any atom is 0.297 e. The van der Waals surface area contributed by atoms with Gasteiger partial charge in [0.25, 0.3) is 18.3 Å². The first-order valence-corrected chi connectivity index (χ1v) is 16.9. The number of guanidine groups is 1. The van der Waals surface area contributed by atoms with Gasteiger partial charge in [0.1, 0.15) is 17.8 Å². The van der Waals surface area contributed by atoms with Gasteiger partial charge < -0.3 is 5.73 Å². The van der Waals surface area contributed by atoms with Gasteiger partial charge in [0.2, 0.25) is 0 Å². The van der Waals surface area contributed by atoms with Gasteiger partial charge in [-0.1, -0.05) is 62.7 Å². The summed E-state index contributed by atoms with van der Waals surface area (Å²) >= 11 is 6.45. The van der Waals surface area contributed by atoms with Crippen LogP contribution in [0.15, 0.2) is 60.0 Å². The highest BCUT2D eigenvalue weighted by Crippen LogP contribution is 2.46. The molecule has 2 aliphatic rings. The molecular weight excluding hydrogens is 690 g/mol. The van der Waals surface area contributed by atoms with Crippen LogP contribution in [0, 0.1) is 5.41 Å². The van der Waals surface area contributed by atoms with Crippen molar-refractivity contribution < 1.29 is 27.2 Å². The Labute approximate surface area is 296 Å². The summed E-state index contributed by atoms with van der Waals surface area (Å²) in [6.45, 7) is 6.55. The van der Waals surface area contributed by atoms with Crippen LogP contribution < -0.4 is 5.73 Å². The van der Waals surface area contributed by atoms with E-state index in [-0.39, 0.29) is 35.9 Å². The third-order valence-corrected chi connectivity index (χ3v) is 9.14. The average molecular weight is 728 g/mol. The summed E-state index contributed by atoms with van der Waals surface area (Å²) in [5.74, 6) is -5.26. The summed E-state index contributed by atoms with van der Waals surface area (Å²) in [5, 5.41) is 12.9. The monoisotopic (exact) mass is 727 g/mol. The molecule has 2 aromatic heterocycles. The van der Waals surface area contributed by atoms with Crippen molar-refractivity contribution in [1.82, 2.24) is 34.7 Å². The molecule has 0 unspecified atom stereocenters. The normalized spacial score (nSPS) is 18.8. The predicted molar refractivity (Wildman–Crippen MR) is 181 cm³/mol. The fraction of sp³-hybridized carbons (Fsp3) is 0.457. The van der Waals surface area contributed by atoms with Gasteiger partial charge in [0.15, 0.2) is 17.3 Å². The van der Waals surface area contributed by atoms with E-state index in [0.29, 0.717) is 29.8 Å². The molecule has 6 rings (SSSR count). The number of nitrogens with zero attached hydrogens (tertiary/aromatic N) is 8. The van der Waals surface area contributed by atoms with E-state index in [1.165, 1.54) is 17.0 Å². The van der Waals surface area contributed by atoms with Gasteiger partial charge in [-0.25, -0.2) is 32.2 Å². The van der Waals surface area contributed by atoms with Gasteiger partial charge >= 0.3 is 0 Å². The first-order chi connectivity index (χ1) is 24.0. The Kier molecular flexibility index (Phi) is 9.55. The molecule has 51 heavy (non-hydrogen) atoms. The Hall–Kier alpha value is -4.66. The number of carbonyl (C=O) groups is 2. The molecule has 1 aliphatic carbocycles. The maximum atomic E-state index is 14.9. The van der Waals surface area contributed by atoms with Crippen LogP contribution in [0.25, 0.3) is 16.9 Å². The lowest BCUT2D eigenvalue weighted by Crippen LogP contribution is -2.46. The molecule has 270 valence electrons. The molecule has 3 heterocycles. The van der Waals surface area contributed by atoms with Gasteiger partial charge in [0.05, 0.1) is 35.4 Å². The second-order valence-electron chi connectivity index (χ2n) is 14.5. The average Bonchev–Trinajstić information content (AvgIpc) is 3.45. The summed E-state index contributed by atoms with van der Waals surface area (Å²) in [6.07, 6.45) is 0.536. The molecule has 1 aliphatic heterocycles. The van der Waals surface area contributed by atoms with Crippen molar-refractivity contribution >= 4 is 29.3 Å². The number of hydrogen-bond acceptors (Lipinski definition) is 8. The highest BCUT2D eigenvalue weighted by Gasteiger charge is 2.53. The molecule has 2 aromatic carbocycles. The van der Waals surface area contributed by atoms with Crippen molar-refractivity contribution in [3.63, 3.8) is 0 Å². The smallest absolute Gasteiger partial charge is 0.297 e. The highest BCUT2D eigenvalue weighted by molar-refractivity contribution is 6.32. The largest absolute Gasteiger partial charge is 0.369 e. The number of Topliss-reactive ketones (excluding diaryl/α,β-unsaturated/α-hetero) is 1. The van der Waals surface area contributed by atoms with Crippen LogP contribution in [0.1, 0.15) is 102 Å². The molecule has 4 aromatic rings. The minimum atomic E-state index is -3.23. The number of hydrogen-bond donors (Lipinski definition) is 1. The Morgan fingerprint density at radius 2 is 1.78 bits per heavy atom. The fourth-order valence-corrected chi connectivity index (χ4v) is 6.74. The summed E-state index contributed by atoms with van der Waals surface area (Å²) in [7, 11) is 0. The molecule has 1 amide bonds. The van der Waals surface area contributed by atoms with Gasteiger partial charge in [-0.05, 0) is 61.3 Å². The van der Waals surface area contributed by atoms with Crippen molar-refractivity contribution in [2.45, 2.75) is 96.2 Å². The van der Waals surface area contributed by atoms with E-state index < -0.39 is 53.3 Å². The number of amides is 1. The van der Waals surface area contributed by atoms with E-state index in [9.17, 15) is 27.2 Å². The van der Waals surface area contributed by atoms with E-state index in [4.69, 9.17) is 22.3 Å². The summed E-state index contributed by atoms with van der Waals surface area (Å²) in [5.41, 5.74) is 7.10. The van der Waals surface area contributed by atoms with Crippen LogP contribution in [0.2, 0.25) is 5.02 Å². The van der Waals surface area contributed by atoms with Crippen LogP contribution in [-0.4, -0.2) is 58.2 Å². The zero-order valence-electron chi connectivity index (χ0n) is 28.5. The van der Waals surface area contributed by atoms with Gasteiger partial charge in [-0.2, -0.15) is 20.1 Å². The van der Waals surface area contributed by atoms with Crippen molar-refractivity contribution in [2.75, 3.05) is 0 Å². The second kappa shape index (κ2) is 13.5. The lowest BCUT2D eigenvalue weighted by molar-refractivity contribution is -0.135. The number of aliphatic imine (C=N–C) groups is 1. The van der Waals surface area contributed by atoms with Crippen molar-refractivity contribution in [3.8, 4) is 16.9 Å². The molecular formula is C35H38ClF4N9O2. The minimum absolute atomic E-state index is 0.0377. The van der Waals surface area contributed by atoms with Crippen LogP contribution in [0.3, 0.4) is 0 Å². The number of carbonyl (C=O) groups excluding carboxylic acids is 2. The number of aromatic nitrogens is 6. The Morgan fingerprint density at radius 3 is 2.41 bits per heavy atom. The Morgan fingerprint density at radius 1 is 1.08 bits per heavy atom. The molecule has 1 saturated carbocycles. The molecule has 2 atom stereocenters. The molecule has 11 nitrogen and oxygen atoms in total. The van der Waals surface area contributed by atoms with Gasteiger partial charge in [-0.15, -0.1) is 0 Å². The van der Waals surface area contributed by atoms with Crippen LogP contribution in [-0.2, 0) is 15.1 Å². The van der Waals surface area contributed by atoms with E-state index in [2.05, 4.69) is 20.3 Å².